The second-order valence-electron chi connectivity index (χ2n) is 19.0. The van der Waals surface area contributed by atoms with E-state index in [-0.39, 0.29) is 43.2 Å². The molecule has 17 heteroatoms. The normalized spacial score (nSPS) is 26.7. The summed E-state index contributed by atoms with van der Waals surface area (Å²) < 4.78 is 46.3. The van der Waals surface area contributed by atoms with Crippen LogP contribution in [0.25, 0.3) is 22.2 Å². The van der Waals surface area contributed by atoms with E-state index in [1.54, 1.807) is 25.4 Å². The van der Waals surface area contributed by atoms with E-state index in [1.807, 2.05) is 78.0 Å². The number of allylic oxidation sites excluding steroid dienone is 1. The number of nitrogens with zero attached hydrogens (tertiary/aromatic N) is 3. The molecule has 4 N–H and O–H groups in total. The summed E-state index contributed by atoms with van der Waals surface area (Å²) in [6.45, 7) is 13.3. The van der Waals surface area contributed by atoms with Gasteiger partial charge in [0.1, 0.15) is 35.2 Å². The number of rotatable bonds is 10. The third kappa shape index (κ3) is 10.7. The van der Waals surface area contributed by atoms with Gasteiger partial charge in [0.05, 0.1) is 42.6 Å². The lowest BCUT2D eigenvalue weighted by atomic mass is 9.88. The van der Waals surface area contributed by atoms with Crippen molar-refractivity contribution in [1.82, 2.24) is 35.5 Å². The van der Waals surface area contributed by atoms with Gasteiger partial charge in [0, 0.05) is 23.3 Å². The number of amides is 5. The Bertz CT molecular complexity index is 2360. The molecule has 2 aliphatic carbocycles. The van der Waals surface area contributed by atoms with Crippen LogP contribution in [-0.2, 0) is 24.4 Å². The highest BCUT2D eigenvalue weighted by atomic mass is 32.2. The predicted molar refractivity (Wildman–Crippen MR) is 237 cm³/mol. The number of hydrogen-bond acceptors (Lipinski definition) is 11. The van der Waals surface area contributed by atoms with E-state index in [9.17, 15) is 22.8 Å². The minimum Gasteiger partial charge on any atom is -0.497 e. The lowest BCUT2D eigenvalue weighted by molar-refractivity contribution is -0.142. The molecule has 1 aromatic carbocycles. The van der Waals surface area contributed by atoms with Gasteiger partial charge in [-0.2, -0.15) is 0 Å². The minimum absolute atomic E-state index is 0.00485. The number of nitrogens with one attached hydrogen (secondary N) is 4. The molecule has 63 heavy (non-hydrogen) atoms. The van der Waals surface area contributed by atoms with Crippen LogP contribution in [-0.4, -0.2) is 101 Å². The fraction of sp³-hybridized carbons (Fsp3) is 0.565. The van der Waals surface area contributed by atoms with Crippen LogP contribution in [0.15, 0.2) is 54.7 Å². The van der Waals surface area contributed by atoms with Gasteiger partial charge in [0.25, 0.3) is 5.91 Å². The maximum atomic E-state index is 15.0. The van der Waals surface area contributed by atoms with E-state index in [0.717, 1.165) is 11.8 Å². The number of hydrogen-bond donors (Lipinski definition) is 4. The molecular formula is C46H61N7O9S. The summed E-state index contributed by atoms with van der Waals surface area (Å²) in [5.41, 5.74) is -1.08. The number of urea groups is 1. The Morgan fingerprint density at radius 1 is 1.00 bits per heavy atom. The Labute approximate surface area is 369 Å². The van der Waals surface area contributed by atoms with Crippen LogP contribution in [0.2, 0.25) is 0 Å². The van der Waals surface area contributed by atoms with Gasteiger partial charge in [-0.15, -0.1) is 0 Å². The van der Waals surface area contributed by atoms with Crippen molar-refractivity contribution >= 4 is 44.5 Å². The van der Waals surface area contributed by atoms with Gasteiger partial charge in [-0.05, 0) is 127 Å². The van der Waals surface area contributed by atoms with E-state index in [1.165, 1.54) is 4.90 Å². The summed E-state index contributed by atoms with van der Waals surface area (Å²) >= 11 is 0. The molecule has 3 fully saturated rings. The maximum Gasteiger partial charge on any atom is 0.315 e. The molecule has 340 valence electrons. The van der Waals surface area contributed by atoms with E-state index >= 15 is 4.79 Å². The zero-order chi connectivity index (χ0) is 45.4. The number of benzene rings is 1. The summed E-state index contributed by atoms with van der Waals surface area (Å²) in [5.74, 6) is -1.11. The molecule has 2 saturated carbocycles. The van der Waals surface area contributed by atoms with Gasteiger partial charge >= 0.3 is 6.03 Å². The number of methoxy groups -OCH3 is 1. The first-order chi connectivity index (χ1) is 29.7. The Balaban J connectivity index is 1.25. The molecule has 4 heterocycles. The summed E-state index contributed by atoms with van der Waals surface area (Å²) in [6, 6.07) is 8.26. The fourth-order valence-electron chi connectivity index (χ4n) is 8.60. The van der Waals surface area contributed by atoms with E-state index < -0.39 is 74.2 Å². The van der Waals surface area contributed by atoms with Crippen LogP contribution in [0.4, 0.5) is 4.79 Å². The second-order valence-corrected chi connectivity index (χ2v) is 21.0. The number of sulfonamides is 1. The van der Waals surface area contributed by atoms with E-state index in [2.05, 4.69) is 32.6 Å². The van der Waals surface area contributed by atoms with Gasteiger partial charge in [-0.1, -0.05) is 26.0 Å². The van der Waals surface area contributed by atoms with Crippen LogP contribution < -0.4 is 34.9 Å². The van der Waals surface area contributed by atoms with Crippen molar-refractivity contribution < 1.29 is 41.8 Å². The zero-order valence-corrected chi connectivity index (χ0v) is 38.2. The average Bonchev–Trinajstić information content (AvgIpc) is 4.14. The Morgan fingerprint density at radius 3 is 2.41 bits per heavy atom. The number of ether oxygens (including phenoxy) is 3. The molecule has 7 atom stereocenters. The average molecular weight is 888 g/mol. The molecule has 3 aromatic rings. The number of aromatic nitrogens is 2. The highest BCUT2D eigenvalue weighted by Crippen LogP contribution is 2.46. The third-order valence-corrected chi connectivity index (χ3v) is 13.9. The standard InChI is InChI=1S/C46H61N7O9S/c1-26(2)61-32-14-18-36(47-24-32)37-21-29-20-31(60-8)13-17-35(29)41(48-37)62-33-22-38-40(54)50-46(43(56)52-63(58,59)34-15-16-34)23-30(46)12-10-9-11-27(3)19-28(4)39(42(55)53(38)25-33)49-44(57)51-45(5,6)7/h10,12-14,17-18,20-21,24,26-28,30,33-34,38-39H,9,11,15-16,19,22-23,25H2,1-8H3,(H,50,54)(H,52,56)(H2,49,51,57)/t27-,28-,30-,33-,38+,39+,46-/m1/s1. The summed E-state index contributed by atoms with van der Waals surface area (Å²) in [4.78, 5) is 68.2. The number of carbonyl (C=O) groups excluding carboxylic acids is 4. The lowest BCUT2D eigenvalue weighted by Crippen LogP contribution is -2.60. The number of fused-ring (bicyclic) bond motifs is 3. The fourth-order valence-corrected chi connectivity index (χ4v) is 9.96. The van der Waals surface area contributed by atoms with E-state index in [0.29, 0.717) is 54.0 Å². The summed E-state index contributed by atoms with van der Waals surface area (Å²) in [7, 11) is -2.35. The van der Waals surface area contributed by atoms with Crippen LogP contribution in [0, 0.1) is 17.8 Å². The Morgan fingerprint density at radius 2 is 1.75 bits per heavy atom. The molecule has 0 radical (unpaired) electrons. The first-order valence-electron chi connectivity index (χ1n) is 22.0. The molecule has 5 amide bonds. The van der Waals surface area contributed by atoms with E-state index in [4.69, 9.17) is 19.2 Å². The van der Waals surface area contributed by atoms with Crippen LogP contribution in [0.5, 0.6) is 17.4 Å². The Kier molecular flexibility index (Phi) is 13.0. The highest BCUT2D eigenvalue weighted by molar-refractivity contribution is 7.91. The van der Waals surface area contributed by atoms with Crippen molar-refractivity contribution in [2.24, 2.45) is 17.8 Å². The van der Waals surface area contributed by atoms with Crippen molar-refractivity contribution in [2.45, 2.75) is 134 Å². The van der Waals surface area contributed by atoms with Gasteiger partial charge < -0.3 is 35.1 Å². The molecule has 2 aromatic heterocycles. The quantitative estimate of drug-likeness (QED) is 0.190. The second kappa shape index (κ2) is 18.0. The van der Waals surface area contributed by atoms with Gasteiger partial charge in [0.15, 0.2) is 0 Å². The maximum absolute atomic E-state index is 15.0. The van der Waals surface area contributed by atoms with Crippen molar-refractivity contribution in [3.8, 4) is 28.8 Å². The third-order valence-electron chi connectivity index (χ3n) is 12.0. The van der Waals surface area contributed by atoms with Crippen molar-refractivity contribution in [3.63, 3.8) is 0 Å². The van der Waals surface area contributed by atoms with Crippen LogP contribution >= 0.6 is 0 Å². The first-order valence-corrected chi connectivity index (χ1v) is 23.5. The number of carbonyl (C=O) groups is 4. The SMILES string of the molecule is COc1ccc2c(O[C@@H]3C[C@H]4C(=O)N[C@]5(C(=O)NS(=O)(=O)C6CC6)C[C@H]5C=CCC[C@@H](C)C[C@@H](C)[C@H](NC(=O)NC(C)(C)C)C(=O)N4C3)nc(-c3ccc(OC(C)C)cn3)cc2c1. The Hall–Kier alpha value is -5.45. The number of pyridine rings is 2. The molecule has 0 unspecified atom stereocenters. The smallest absolute Gasteiger partial charge is 0.315 e. The van der Waals surface area contributed by atoms with Gasteiger partial charge in [-0.3, -0.25) is 24.1 Å². The van der Waals surface area contributed by atoms with Gasteiger partial charge in [0.2, 0.25) is 27.7 Å². The summed E-state index contributed by atoms with van der Waals surface area (Å²) in [5, 5.41) is 9.52. The lowest BCUT2D eigenvalue weighted by Gasteiger charge is -2.33. The molecule has 4 aliphatic rings. The molecule has 0 spiro atoms. The van der Waals surface area contributed by atoms with Crippen molar-refractivity contribution in [3.05, 3.63) is 54.7 Å². The molecule has 0 bridgehead atoms. The highest BCUT2D eigenvalue weighted by Gasteiger charge is 2.62. The van der Waals surface area contributed by atoms with Crippen molar-refractivity contribution in [2.75, 3.05) is 13.7 Å². The molecule has 7 rings (SSSR count). The topological polar surface area (TPSA) is 207 Å². The van der Waals surface area contributed by atoms with Gasteiger partial charge in [-0.25, -0.2) is 18.2 Å². The van der Waals surface area contributed by atoms with Crippen LogP contribution in [0.1, 0.15) is 93.4 Å². The largest absolute Gasteiger partial charge is 0.497 e. The monoisotopic (exact) mass is 887 g/mol. The molecular weight excluding hydrogens is 827 g/mol. The zero-order valence-electron chi connectivity index (χ0n) is 37.4. The molecule has 1 saturated heterocycles. The molecule has 2 aliphatic heterocycles. The predicted octanol–water partition coefficient (Wildman–Crippen LogP) is 5.40. The summed E-state index contributed by atoms with van der Waals surface area (Å²) in [6.07, 6.45) is 7.82. The molecule has 16 nitrogen and oxygen atoms in total. The first kappa shape index (κ1) is 45.6. The van der Waals surface area contributed by atoms with Crippen molar-refractivity contribution in [1.29, 1.82) is 0 Å². The minimum atomic E-state index is -3.93. The van der Waals surface area contributed by atoms with Crippen LogP contribution in [0.3, 0.4) is 0 Å².